The van der Waals surface area contributed by atoms with Crippen molar-refractivity contribution in [1.29, 1.82) is 0 Å². The maximum absolute atomic E-state index is 11.0. The maximum Gasteiger partial charge on any atom is 0.306 e. The first-order valence-electron chi connectivity index (χ1n) is 4.28. The van der Waals surface area contributed by atoms with Crippen molar-refractivity contribution in [3.8, 4) is 0 Å². The third-order valence-electron chi connectivity index (χ3n) is 1.53. The highest BCUT2D eigenvalue weighted by atomic mass is 79.9. The predicted octanol–water partition coefficient (Wildman–Crippen LogP) is 1.29. The SMILES string of the molecule is CCOC(=O)CC(C=O)P(O)CCBr. The lowest BCUT2D eigenvalue weighted by molar-refractivity contribution is -0.143. The number of hydrogen-bond acceptors (Lipinski definition) is 4. The Morgan fingerprint density at radius 3 is 2.79 bits per heavy atom. The van der Waals surface area contributed by atoms with Crippen LogP contribution in [0.1, 0.15) is 13.3 Å². The number of halogens is 1. The van der Waals surface area contributed by atoms with Gasteiger partial charge in [0.05, 0.1) is 18.7 Å². The van der Waals surface area contributed by atoms with Crippen molar-refractivity contribution >= 4 is 36.3 Å². The van der Waals surface area contributed by atoms with Crippen LogP contribution in [0, 0.1) is 0 Å². The highest BCUT2D eigenvalue weighted by Gasteiger charge is 2.21. The van der Waals surface area contributed by atoms with Gasteiger partial charge in [0, 0.05) is 19.6 Å². The molecule has 4 nitrogen and oxygen atoms in total. The van der Waals surface area contributed by atoms with E-state index in [1.807, 2.05) is 0 Å². The Labute approximate surface area is 93.0 Å². The first-order valence-corrected chi connectivity index (χ1v) is 6.95. The van der Waals surface area contributed by atoms with Crippen molar-refractivity contribution in [2.75, 3.05) is 18.1 Å². The molecule has 2 unspecified atom stereocenters. The Bertz CT molecular complexity index is 188. The Balaban J connectivity index is 4.00. The smallest absolute Gasteiger partial charge is 0.306 e. The van der Waals surface area contributed by atoms with Gasteiger partial charge in [-0.15, -0.1) is 0 Å². The van der Waals surface area contributed by atoms with Gasteiger partial charge in [0.2, 0.25) is 0 Å². The Hall–Kier alpha value is 0.01000. The van der Waals surface area contributed by atoms with E-state index in [1.165, 1.54) is 0 Å². The largest absolute Gasteiger partial charge is 0.466 e. The average molecular weight is 285 g/mol. The standard InChI is InChI=1S/C8H14BrO4P/c1-2-13-8(11)5-7(6-10)14(12)4-3-9/h6-7,12H,2-5H2,1H3. The molecular formula is C8H14BrO4P. The third kappa shape index (κ3) is 5.68. The summed E-state index contributed by atoms with van der Waals surface area (Å²) in [5.41, 5.74) is -0.596. The van der Waals surface area contributed by atoms with Crippen molar-refractivity contribution in [3.05, 3.63) is 0 Å². The fourth-order valence-electron chi connectivity index (χ4n) is 0.867. The molecule has 0 aliphatic rings. The molecule has 0 aromatic heterocycles. The van der Waals surface area contributed by atoms with Crippen LogP contribution in [-0.2, 0) is 14.3 Å². The summed E-state index contributed by atoms with van der Waals surface area (Å²) in [6, 6.07) is 0. The Kier molecular flexibility index (Phi) is 8.34. The van der Waals surface area contributed by atoms with E-state index in [0.29, 0.717) is 24.4 Å². The third-order valence-corrected chi connectivity index (χ3v) is 4.30. The summed E-state index contributed by atoms with van der Waals surface area (Å²) < 4.78 is 4.69. The van der Waals surface area contributed by atoms with E-state index in [2.05, 4.69) is 15.9 Å². The molecule has 82 valence electrons. The van der Waals surface area contributed by atoms with Gasteiger partial charge in [-0.2, -0.15) is 0 Å². The van der Waals surface area contributed by atoms with Gasteiger partial charge < -0.3 is 14.4 Å². The molecule has 14 heavy (non-hydrogen) atoms. The van der Waals surface area contributed by atoms with Gasteiger partial charge in [0.1, 0.15) is 6.29 Å². The fourth-order valence-corrected chi connectivity index (χ4v) is 2.96. The predicted molar refractivity (Wildman–Crippen MR) is 58.9 cm³/mol. The molecule has 0 radical (unpaired) electrons. The molecule has 2 atom stereocenters. The summed E-state index contributed by atoms with van der Waals surface area (Å²) in [5, 5.41) is 0.627. The van der Waals surface area contributed by atoms with E-state index in [9.17, 15) is 14.5 Å². The molecule has 0 aromatic rings. The number of carbonyl (C=O) groups excluding carboxylic acids is 2. The van der Waals surface area contributed by atoms with Crippen molar-refractivity contribution in [1.82, 2.24) is 0 Å². The number of ether oxygens (including phenoxy) is 1. The molecule has 0 aliphatic heterocycles. The minimum atomic E-state index is -1.40. The normalized spacial score (nSPS) is 14.5. The second-order valence-corrected chi connectivity index (χ2v) is 5.35. The molecule has 0 heterocycles. The van der Waals surface area contributed by atoms with Crippen molar-refractivity contribution in [2.24, 2.45) is 0 Å². The van der Waals surface area contributed by atoms with Gasteiger partial charge in [-0.3, -0.25) is 4.79 Å². The molecule has 0 aromatic carbocycles. The first kappa shape index (κ1) is 14.0. The molecule has 0 bridgehead atoms. The molecule has 6 heteroatoms. The zero-order valence-corrected chi connectivity index (χ0v) is 10.5. The fraction of sp³-hybridized carbons (Fsp3) is 0.750. The number of aldehydes is 1. The van der Waals surface area contributed by atoms with Crippen LogP contribution in [0.4, 0.5) is 0 Å². The van der Waals surface area contributed by atoms with E-state index in [-0.39, 0.29) is 6.42 Å². The summed E-state index contributed by atoms with van der Waals surface area (Å²) in [5.74, 6) is -0.430. The van der Waals surface area contributed by atoms with Crippen LogP contribution in [0.3, 0.4) is 0 Å². The lowest BCUT2D eigenvalue weighted by atomic mass is 10.3. The number of carbonyl (C=O) groups is 2. The van der Waals surface area contributed by atoms with Crippen molar-refractivity contribution in [3.63, 3.8) is 0 Å². The molecule has 0 aliphatic carbocycles. The van der Waals surface area contributed by atoms with Crippen LogP contribution in [0.25, 0.3) is 0 Å². The van der Waals surface area contributed by atoms with Crippen LogP contribution in [0.15, 0.2) is 0 Å². The molecule has 1 N–H and O–H groups in total. The molecule has 0 saturated heterocycles. The molecule has 0 saturated carbocycles. The molecular weight excluding hydrogens is 271 g/mol. The number of hydrogen-bond donors (Lipinski definition) is 1. The second kappa shape index (κ2) is 8.33. The van der Waals surface area contributed by atoms with Gasteiger partial charge >= 0.3 is 5.97 Å². The number of esters is 1. The van der Waals surface area contributed by atoms with Crippen LogP contribution in [0.5, 0.6) is 0 Å². The summed E-state index contributed by atoms with van der Waals surface area (Å²) in [6.45, 7) is 2.00. The van der Waals surface area contributed by atoms with Crippen LogP contribution in [0.2, 0.25) is 0 Å². The summed E-state index contributed by atoms with van der Waals surface area (Å²) in [4.78, 5) is 31.1. The topological polar surface area (TPSA) is 63.6 Å². The highest BCUT2D eigenvalue weighted by molar-refractivity contribution is 9.09. The number of alkyl halides is 1. The zero-order valence-electron chi connectivity index (χ0n) is 7.98. The van der Waals surface area contributed by atoms with Crippen molar-refractivity contribution in [2.45, 2.75) is 19.0 Å². The Morgan fingerprint density at radius 1 is 1.71 bits per heavy atom. The summed E-state index contributed by atoms with van der Waals surface area (Å²) in [6.07, 6.45) is 1.12. The quantitative estimate of drug-likeness (QED) is 0.331. The Morgan fingerprint density at radius 2 is 2.36 bits per heavy atom. The molecule has 0 fully saturated rings. The van der Waals surface area contributed by atoms with Gasteiger partial charge in [-0.1, -0.05) is 15.9 Å². The van der Waals surface area contributed by atoms with Gasteiger partial charge in [0.15, 0.2) is 0 Å². The molecule has 0 spiro atoms. The molecule has 0 rings (SSSR count). The monoisotopic (exact) mass is 284 g/mol. The van der Waals surface area contributed by atoms with Crippen LogP contribution >= 0.6 is 24.1 Å². The van der Waals surface area contributed by atoms with Crippen LogP contribution in [-0.4, -0.2) is 40.9 Å². The van der Waals surface area contributed by atoms with E-state index >= 15 is 0 Å². The first-order chi connectivity index (χ1) is 6.65. The minimum absolute atomic E-state index is 0.0213. The highest BCUT2D eigenvalue weighted by Crippen LogP contribution is 2.37. The van der Waals surface area contributed by atoms with Crippen molar-refractivity contribution < 1.29 is 19.2 Å². The number of rotatable bonds is 7. The van der Waals surface area contributed by atoms with E-state index in [4.69, 9.17) is 4.74 Å². The second-order valence-electron chi connectivity index (χ2n) is 2.56. The summed E-state index contributed by atoms with van der Waals surface area (Å²) in [7, 11) is -1.40. The average Bonchev–Trinajstić information content (AvgIpc) is 2.15. The van der Waals surface area contributed by atoms with Gasteiger partial charge in [-0.25, -0.2) is 0 Å². The lowest BCUT2D eigenvalue weighted by Crippen LogP contribution is -2.17. The van der Waals surface area contributed by atoms with Crippen LogP contribution < -0.4 is 0 Å². The maximum atomic E-state index is 11.0. The van der Waals surface area contributed by atoms with E-state index in [0.717, 1.165) is 0 Å². The molecule has 0 amide bonds. The summed E-state index contributed by atoms with van der Waals surface area (Å²) >= 11 is 3.17. The zero-order chi connectivity index (χ0) is 11.0. The van der Waals surface area contributed by atoms with E-state index in [1.54, 1.807) is 6.92 Å². The van der Waals surface area contributed by atoms with Gasteiger partial charge in [0.25, 0.3) is 0 Å². The van der Waals surface area contributed by atoms with E-state index < -0.39 is 19.8 Å². The minimum Gasteiger partial charge on any atom is -0.466 e. The lowest BCUT2D eigenvalue weighted by Gasteiger charge is -2.15. The van der Waals surface area contributed by atoms with Gasteiger partial charge in [-0.05, 0) is 6.92 Å².